The van der Waals surface area contributed by atoms with Gasteiger partial charge in [-0.05, 0) is 19.1 Å². The van der Waals surface area contributed by atoms with Crippen molar-refractivity contribution < 1.29 is 13.6 Å². The van der Waals surface area contributed by atoms with Crippen molar-refractivity contribution in [1.29, 1.82) is 0 Å². The number of benzene rings is 1. The summed E-state index contributed by atoms with van der Waals surface area (Å²) in [5, 5.41) is 2.56. The Morgan fingerprint density at radius 2 is 2.22 bits per heavy atom. The highest BCUT2D eigenvalue weighted by atomic mass is 19.1. The summed E-state index contributed by atoms with van der Waals surface area (Å²) in [5.74, 6) is -1.66. The van der Waals surface area contributed by atoms with E-state index in [1.807, 2.05) is 0 Å². The molecule has 1 aromatic heterocycles. The summed E-state index contributed by atoms with van der Waals surface area (Å²) >= 11 is 0. The van der Waals surface area contributed by atoms with Crippen LogP contribution in [0.5, 0.6) is 0 Å². The molecule has 0 fully saturated rings. The molecular formula is C12H11F2N3O. The van der Waals surface area contributed by atoms with E-state index in [0.717, 1.165) is 12.1 Å². The van der Waals surface area contributed by atoms with Crippen molar-refractivity contribution in [1.82, 2.24) is 15.3 Å². The molecule has 0 radical (unpaired) electrons. The fourth-order valence-electron chi connectivity index (χ4n) is 1.53. The number of carbonyl (C=O) groups excluding carboxylic acids is 1. The van der Waals surface area contributed by atoms with E-state index in [1.165, 1.54) is 0 Å². The number of amides is 1. The Morgan fingerprint density at radius 3 is 2.83 bits per heavy atom. The number of rotatable bonds is 3. The molecule has 2 N–H and O–H groups in total. The van der Waals surface area contributed by atoms with Crippen LogP contribution in [-0.2, 0) is 0 Å². The van der Waals surface area contributed by atoms with Gasteiger partial charge in [0.1, 0.15) is 17.5 Å². The van der Waals surface area contributed by atoms with E-state index in [-0.39, 0.29) is 5.56 Å². The van der Waals surface area contributed by atoms with E-state index < -0.39 is 23.6 Å². The molecule has 4 nitrogen and oxygen atoms in total. The first kappa shape index (κ1) is 12.2. The van der Waals surface area contributed by atoms with Crippen molar-refractivity contribution in [3.8, 4) is 0 Å². The van der Waals surface area contributed by atoms with Crippen LogP contribution in [0, 0.1) is 11.6 Å². The van der Waals surface area contributed by atoms with Gasteiger partial charge < -0.3 is 10.3 Å². The quantitative estimate of drug-likeness (QED) is 0.878. The van der Waals surface area contributed by atoms with Crippen LogP contribution in [0.25, 0.3) is 0 Å². The molecule has 18 heavy (non-hydrogen) atoms. The normalized spacial score (nSPS) is 12.2. The smallest absolute Gasteiger partial charge is 0.254 e. The molecule has 2 rings (SSSR count). The van der Waals surface area contributed by atoms with Gasteiger partial charge in [0.2, 0.25) is 0 Å². The predicted octanol–water partition coefficient (Wildman–Crippen LogP) is 2.18. The number of imidazole rings is 1. The summed E-state index contributed by atoms with van der Waals surface area (Å²) in [6.07, 6.45) is 3.17. The summed E-state index contributed by atoms with van der Waals surface area (Å²) in [5.41, 5.74) is -0.199. The van der Waals surface area contributed by atoms with E-state index in [0.29, 0.717) is 11.9 Å². The summed E-state index contributed by atoms with van der Waals surface area (Å²) in [7, 11) is 0. The summed E-state index contributed by atoms with van der Waals surface area (Å²) in [4.78, 5) is 18.6. The largest absolute Gasteiger partial charge is 0.347 e. The maximum absolute atomic E-state index is 13.4. The van der Waals surface area contributed by atoms with Crippen LogP contribution >= 0.6 is 0 Å². The fourth-order valence-corrected chi connectivity index (χ4v) is 1.53. The lowest BCUT2D eigenvalue weighted by Gasteiger charge is -2.11. The van der Waals surface area contributed by atoms with Crippen molar-refractivity contribution >= 4 is 5.91 Å². The minimum atomic E-state index is -0.890. The number of aromatic amines is 1. The molecule has 1 unspecified atom stereocenters. The molecule has 0 saturated carbocycles. The molecule has 0 aliphatic rings. The number of carbonyl (C=O) groups is 1. The molecule has 1 atom stereocenters. The van der Waals surface area contributed by atoms with Crippen LogP contribution in [0.4, 0.5) is 8.78 Å². The zero-order chi connectivity index (χ0) is 13.1. The van der Waals surface area contributed by atoms with Crippen LogP contribution in [0.3, 0.4) is 0 Å². The zero-order valence-corrected chi connectivity index (χ0v) is 9.58. The van der Waals surface area contributed by atoms with E-state index >= 15 is 0 Å². The third-order valence-electron chi connectivity index (χ3n) is 2.45. The van der Waals surface area contributed by atoms with Gasteiger partial charge in [-0.25, -0.2) is 13.8 Å². The topological polar surface area (TPSA) is 57.8 Å². The van der Waals surface area contributed by atoms with Gasteiger partial charge in [0.05, 0.1) is 11.6 Å². The Balaban J connectivity index is 2.12. The van der Waals surface area contributed by atoms with E-state index in [2.05, 4.69) is 15.3 Å². The molecular weight excluding hydrogens is 240 g/mol. The molecule has 1 amide bonds. The Bertz CT molecular complexity index is 554. The minimum absolute atomic E-state index is 0.199. The lowest BCUT2D eigenvalue weighted by molar-refractivity contribution is 0.0934. The number of hydrogen-bond donors (Lipinski definition) is 2. The lowest BCUT2D eigenvalue weighted by atomic mass is 10.2. The average molecular weight is 251 g/mol. The fraction of sp³-hybridized carbons (Fsp3) is 0.167. The molecule has 94 valence electrons. The third-order valence-corrected chi connectivity index (χ3v) is 2.45. The van der Waals surface area contributed by atoms with Gasteiger partial charge in [0.25, 0.3) is 5.91 Å². The van der Waals surface area contributed by atoms with Gasteiger partial charge in [0, 0.05) is 18.5 Å². The van der Waals surface area contributed by atoms with Gasteiger partial charge in [-0.2, -0.15) is 0 Å². The van der Waals surface area contributed by atoms with Crippen LogP contribution < -0.4 is 5.32 Å². The monoisotopic (exact) mass is 251 g/mol. The Kier molecular flexibility index (Phi) is 3.36. The summed E-state index contributed by atoms with van der Waals surface area (Å²) < 4.78 is 26.1. The highest BCUT2D eigenvalue weighted by molar-refractivity contribution is 5.94. The zero-order valence-electron chi connectivity index (χ0n) is 9.58. The number of halogens is 2. The van der Waals surface area contributed by atoms with Crippen molar-refractivity contribution in [3.05, 3.63) is 53.6 Å². The molecule has 2 aromatic rings. The third kappa shape index (κ3) is 2.53. The SMILES string of the molecule is CC(NC(=O)c1ccc(F)cc1F)c1ncc[nH]1. The highest BCUT2D eigenvalue weighted by Gasteiger charge is 2.16. The van der Waals surface area contributed by atoms with E-state index in [9.17, 15) is 13.6 Å². The second kappa shape index (κ2) is 4.95. The lowest BCUT2D eigenvalue weighted by Crippen LogP contribution is -2.28. The van der Waals surface area contributed by atoms with Crippen LogP contribution in [0.1, 0.15) is 29.1 Å². The molecule has 1 aromatic carbocycles. The van der Waals surface area contributed by atoms with Crippen LogP contribution in [-0.4, -0.2) is 15.9 Å². The Morgan fingerprint density at radius 1 is 1.44 bits per heavy atom. The molecule has 0 spiro atoms. The molecule has 6 heteroatoms. The van der Waals surface area contributed by atoms with Crippen molar-refractivity contribution in [2.24, 2.45) is 0 Å². The molecule has 1 heterocycles. The summed E-state index contributed by atoms with van der Waals surface area (Å²) in [6.45, 7) is 1.71. The number of H-pyrrole nitrogens is 1. The predicted molar refractivity (Wildman–Crippen MR) is 60.8 cm³/mol. The van der Waals surface area contributed by atoms with E-state index in [4.69, 9.17) is 0 Å². The van der Waals surface area contributed by atoms with Crippen molar-refractivity contribution in [2.75, 3.05) is 0 Å². The highest BCUT2D eigenvalue weighted by Crippen LogP contribution is 2.12. The van der Waals surface area contributed by atoms with Gasteiger partial charge in [-0.1, -0.05) is 0 Å². The molecule has 0 saturated heterocycles. The van der Waals surface area contributed by atoms with Crippen LogP contribution in [0.15, 0.2) is 30.6 Å². The number of hydrogen-bond acceptors (Lipinski definition) is 2. The summed E-state index contributed by atoms with van der Waals surface area (Å²) in [6, 6.07) is 2.42. The minimum Gasteiger partial charge on any atom is -0.347 e. The molecule has 0 bridgehead atoms. The second-order valence-corrected chi connectivity index (χ2v) is 3.79. The molecule has 0 aliphatic heterocycles. The average Bonchev–Trinajstić information content (AvgIpc) is 2.81. The van der Waals surface area contributed by atoms with Crippen LogP contribution in [0.2, 0.25) is 0 Å². The number of aromatic nitrogens is 2. The first-order valence-electron chi connectivity index (χ1n) is 5.33. The van der Waals surface area contributed by atoms with Gasteiger partial charge in [0.15, 0.2) is 0 Å². The van der Waals surface area contributed by atoms with Gasteiger partial charge in [-0.3, -0.25) is 4.79 Å². The van der Waals surface area contributed by atoms with Crippen molar-refractivity contribution in [2.45, 2.75) is 13.0 Å². The second-order valence-electron chi connectivity index (χ2n) is 3.79. The maximum atomic E-state index is 13.4. The van der Waals surface area contributed by atoms with Crippen molar-refractivity contribution in [3.63, 3.8) is 0 Å². The number of nitrogens with one attached hydrogen (secondary N) is 2. The maximum Gasteiger partial charge on any atom is 0.254 e. The Labute approximate surface area is 102 Å². The standard InChI is InChI=1S/C12H11F2N3O/c1-7(11-15-4-5-16-11)17-12(18)9-3-2-8(13)6-10(9)14/h2-7H,1H3,(H,15,16)(H,17,18). The van der Waals surface area contributed by atoms with Gasteiger partial charge in [-0.15, -0.1) is 0 Å². The number of nitrogens with zero attached hydrogens (tertiary/aromatic N) is 1. The molecule has 0 aliphatic carbocycles. The Hall–Kier alpha value is -2.24. The van der Waals surface area contributed by atoms with E-state index in [1.54, 1.807) is 19.3 Å². The van der Waals surface area contributed by atoms with Gasteiger partial charge >= 0.3 is 0 Å². The first-order valence-corrected chi connectivity index (χ1v) is 5.33. The first-order chi connectivity index (χ1) is 8.58.